The Morgan fingerprint density at radius 2 is 2.11 bits per heavy atom. The van der Waals surface area contributed by atoms with Gasteiger partial charge in [0.05, 0.1) is 4.92 Å². The van der Waals surface area contributed by atoms with Crippen LogP contribution in [0, 0.1) is 10.1 Å². The van der Waals surface area contributed by atoms with Gasteiger partial charge in [-0.2, -0.15) is 4.31 Å². The van der Waals surface area contributed by atoms with Gasteiger partial charge in [0.15, 0.2) is 4.90 Å². The molecule has 0 radical (unpaired) electrons. The topological polar surface area (TPSA) is 92.6 Å². The highest BCUT2D eigenvalue weighted by Gasteiger charge is 2.31. The van der Waals surface area contributed by atoms with Crippen molar-refractivity contribution in [2.24, 2.45) is 0 Å². The molecular formula is C11H15N3O4S. The number of hydrogen-bond donors (Lipinski definition) is 1. The summed E-state index contributed by atoms with van der Waals surface area (Å²) in [5.74, 6) is 0. The molecule has 1 saturated heterocycles. The molecule has 1 N–H and O–H groups in total. The molecule has 0 aliphatic carbocycles. The van der Waals surface area contributed by atoms with E-state index in [-0.39, 0.29) is 10.9 Å². The Kier molecular flexibility index (Phi) is 3.83. The minimum Gasteiger partial charge on any atom is -0.313 e. The molecule has 1 aromatic rings. The molecule has 0 saturated carbocycles. The fraction of sp³-hybridized carbons (Fsp3) is 0.455. The number of benzene rings is 1. The summed E-state index contributed by atoms with van der Waals surface area (Å²) in [6.45, 7) is 1.19. The van der Waals surface area contributed by atoms with Crippen LogP contribution >= 0.6 is 0 Å². The van der Waals surface area contributed by atoms with Gasteiger partial charge in [-0.25, -0.2) is 8.42 Å². The summed E-state index contributed by atoms with van der Waals surface area (Å²) in [4.78, 5) is 9.95. The van der Waals surface area contributed by atoms with Crippen LogP contribution in [0.15, 0.2) is 29.2 Å². The molecule has 0 amide bonds. The molecule has 8 heteroatoms. The quantitative estimate of drug-likeness (QED) is 0.631. The van der Waals surface area contributed by atoms with Gasteiger partial charge in [-0.05, 0) is 19.0 Å². The summed E-state index contributed by atoms with van der Waals surface area (Å²) in [5.41, 5.74) is -0.393. The molecule has 2 rings (SSSR count). The monoisotopic (exact) mass is 285 g/mol. The second kappa shape index (κ2) is 5.24. The number of para-hydroxylation sites is 1. The van der Waals surface area contributed by atoms with E-state index < -0.39 is 20.6 Å². The van der Waals surface area contributed by atoms with Crippen molar-refractivity contribution in [3.63, 3.8) is 0 Å². The molecule has 19 heavy (non-hydrogen) atoms. The van der Waals surface area contributed by atoms with E-state index in [0.29, 0.717) is 6.54 Å². The van der Waals surface area contributed by atoms with Crippen LogP contribution in [0.25, 0.3) is 0 Å². The Morgan fingerprint density at radius 3 is 2.63 bits per heavy atom. The molecule has 0 aromatic heterocycles. The molecule has 0 bridgehead atoms. The molecule has 7 nitrogen and oxygen atoms in total. The molecule has 0 spiro atoms. The van der Waals surface area contributed by atoms with Gasteiger partial charge in [-0.3, -0.25) is 10.1 Å². The lowest BCUT2D eigenvalue weighted by atomic mass is 10.1. The molecule has 1 heterocycles. The Balaban J connectivity index is 2.30. The molecule has 1 atom stereocenters. The molecule has 1 fully saturated rings. The van der Waals surface area contributed by atoms with Crippen molar-refractivity contribution in [1.29, 1.82) is 0 Å². The first kappa shape index (κ1) is 13.9. The maximum absolute atomic E-state index is 12.3. The number of nitrogens with zero attached hydrogens (tertiary/aromatic N) is 2. The van der Waals surface area contributed by atoms with Crippen molar-refractivity contribution in [3.8, 4) is 0 Å². The summed E-state index contributed by atoms with van der Waals surface area (Å²) in [5, 5.41) is 14.0. The molecule has 1 aliphatic heterocycles. The lowest BCUT2D eigenvalue weighted by Crippen LogP contribution is -2.50. The Hall–Kier alpha value is -1.51. The number of sulfonamides is 1. The minimum absolute atomic E-state index is 0.127. The van der Waals surface area contributed by atoms with Gasteiger partial charge in [-0.15, -0.1) is 0 Å². The van der Waals surface area contributed by atoms with E-state index in [1.165, 1.54) is 31.3 Å². The third-order valence-corrected chi connectivity index (χ3v) is 5.02. The van der Waals surface area contributed by atoms with Crippen LogP contribution in [0.4, 0.5) is 5.69 Å². The fourth-order valence-corrected chi connectivity index (χ4v) is 3.28. The second-order valence-corrected chi connectivity index (χ2v) is 6.46. The largest absolute Gasteiger partial charge is 0.313 e. The number of nitro groups is 1. The zero-order valence-corrected chi connectivity index (χ0v) is 11.3. The van der Waals surface area contributed by atoms with Gasteiger partial charge in [0, 0.05) is 25.7 Å². The van der Waals surface area contributed by atoms with Crippen molar-refractivity contribution in [1.82, 2.24) is 9.62 Å². The number of rotatable bonds is 5. The van der Waals surface area contributed by atoms with Gasteiger partial charge in [0.2, 0.25) is 10.0 Å². The van der Waals surface area contributed by atoms with Gasteiger partial charge in [0.1, 0.15) is 0 Å². The summed E-state index contributed by atoms with van der Waals surface area (Å²) < 4.78 is 25.8. The number of likely N-dealkylation sites (N-methyl/N-ethyl adjacent to an activating group) is 1. The van der Waals surface area contributed by atoms with Crippen molar-refractivity contribution in [3.05, 3.63) is 34.4 Å². The molecular weight excluding hydrogens is 270 g/mol. The SMILES string of the molecule is CN(CC1CCN1)S(=O)(=O)c1ccccc1[N+](=O)[O-]. The van der Waals surface area contributed by atoms with Crippen LogP contribution in [0.2, 0.25) is 0 Å². The van der Waals surface area contributed by atoms with Gasteiger partial charge in [-0.1, -0.05) is 12.1 Å². The van der Waals surface area contributed by atoms with Crippen LogP contribution < -0.4 is 5.32 Å². The summed E-state index contributed by atoms with van der Waals surface area (Å²) in [6.07, 6.45) is 0.913. The summed E-state index contributed by atoms with van der Waals surface area (Å²) >= 11 is 0. The Bertz CT molecular complexity index is 583. The predicted octanol–water partition coefficient (Wildman–Crippen LogP) is 0.577. The van der Waals surface area contributed by atoms with Crippen LogP contribution in [-0.2, 0) is 10.0 Å². The first-order valence-electron chi connectivity index (χ1n) is 5.86. The maximum atomic E-state index is 12.3. The summed E-state index contributed by atoms with van der Waals surface area (Å²) in [6, 6.07) is 5.52. The van der Waals surface area contributed by atoms with Crippen molar-refractivity contribution < 1.29 is 13.3 Å². The first-order chi connectivity index (χ1) is 8.93. The maximum Gasteiger partial charge on any atom is 0.289 e. The van der Waals surface area contributed by atoms with E-state index in [1.807, 2.05) is 0 Å². The predicted molar refractivity (Wildman–Crippen MR) is 69.3 cm³/mol. The molecule has 1 aromatic carbocycles. The Morgan fingerprint density at radius 1 is 1.47 bits per heavy atom. The van der Waals surface area contributed by atoms with Crippen LogP contribution in [0.5, 0.6) is 0 Å². The Labute approximate surface area is 111 Å². The highest BCUT2D eigenvalue weighted by Crippen LogP contribution is 2.25. The van der Waals surface area contributed by atoms with E-state index >= 15 is 0 Å². The van der Waals surface area contributed by atoms with Crippen molar-refractivity contribution >= 4 is 15.7 Å². The fourth-order valence-electron chi connectivity index (χ4n) is 1.91. The lowest BCUT2D eigenvalue weighted by Gasteiger charge is -2.31. The normalized spacial score (nSPS) is 19.2. The minimum atomic E-state index is -3.83. The van der Waals surface area contributed by atoms with Crippen molar-refractivity contribution in [2.75, 3.05) is 20.1 Å². The lowest BCUT2D eigenvalue weighted by molar-refractivity contribution is -0.387. The van der Waals surface area contributed by atoms with Crippen molar-refractivity contribution in [2.45, 2.75) is 17.4 Å². The number of hydrogen-bond acceptors (Lipinski definition) is 5. The van der Waals surface area contributed by atoms with E-state index in [9.17, 15) is 18.5 Å². The van der Waals surface area contributed by atoms with Gasteiger partial charge >= 0.3 is 0 Å². The number of nitrogens with one attached hydrogen (secondary N) is 1. The van der Waals surface area contributed by atoms with Gasteiger partial charge in [0.25, 0.3) is 5.69 Å². The van der Waals surface area contributed by atoms with E-state index in [4.69, 9.17) is 0 Å². The zero-order chi connectivity index (χ0) is 14.0. The number of nitro benzene ring substituents is 1. The summed E-state index contributed by atoms with van der Waals surface area (Å²) in [7, 11) is -2.40. The average Bonchev–Trinajstić information content (AvgIpc) is 2.33. The third-order valence-electron chi connectivity index (χ3n) is 3.15. The van der Waals surface area contributed by atoms with E-state index in [2.05, 4.69) is 5.32 Å². The van der Waals surface area contributed by atoms with Crippen LogP contribution in [-0.4, -0.2) is 43.8 Å². The van der Waals surface area contributed by atoms with Crippen LogP contribution in [0.1, 0.15) is 6.42 Å². The first-order valence-corrected chi connectivity index (χ1v) is 7.30. The second-order valence-electron chi connectivity index (χ2n) is 4.45. The average molecular weight is 285 g/mol. The zero-order valence-electron chi connectivity index (χ0n) is 10.4. The molecule has 1 unspecified atom stereocenters. The smallest absolute Gasteiger partial charge is 0.289 e. The van der Waals surface area contributed by atoms with Gasteiger partial charge < -0.3 is 5.32 Å². The van der Waals surface area contributed by atoms with Crippen LogP contribution in [0.3, 0.4) is 0 Å². The van der Waals surface area contributed by atoms with E-state index in [0.717, 1.165) is 17.3 Å². The van der Waals surface area contributed by atoms with E-state index in [1.54, 1.807) is 0 Å². The standard InChI is InChI=1S/C11H15N3O4S/c1-13(8-9-6-7-12-9)19(17,18)11-5-3-2-4-10(11)14(15)16/h2-5,9,12H,6-8H2,1H3. The third kappa shape index (κ3) is 2.75. The molecule has 104 valence electrons. The molecule has 1 aliphatic rings. The highest BCUT2D eigenvalue weighted by molar-refractivity contribution is 7.89. The highest BCUT2D eigenvalue weighted by atomic mass is 32.2.